The molecule has 0 bridgehead atoms. The van der Waals surface area contributed by atoms with Crippen LogP contribution in [0, 0.1) is 0 Å². The number of Topliss-reactive ketones (excluding diaryl/α,β-unsaturated/α-hetero) is 1. The summed E-state index contributed by atoms with van der Waals surface area (Å²) in [6.45, 7) is 1.29. The largest absolute Gasteiger partial charge is 0.506 e. The highest BCUT2D eigenvalue weighted by atomic mass is 16.3. The van der Waals surface area contributed by atoms with Crippen LogP contribution in [0.2, 0.25) is 0 Å². The van der Waals surface area contributed by atoms with Gasteiger partial charge in [-0.3, -0.25) is 4.79 Å². The molecule has 1 aromatic carbocycles. The Hall–Kier alpha value is -2.17. The van der Waals surface area contributed by atoms with E-state index >= 15 is 0 Å². The number of phenols is 1. The Morgan fingerprint density at radius 3 is 2.67 bits per heavy atom. The third-order valence-electron chi connectivity index (χ3n) is 2.00. The maximum absolute atomic E-state index is 11.0. The third-order valence-corrected chi connectivity index (χ3v) is 2.00. The van der Waals surface area contributed by atoms with Gasteiger partial charge in [-0.1, -0.05) is 6.07 Å². The number of carbonyl (C=O) groups excluding carboxylic acids is 1. The average molecular weight is 204 g/mol. The first-order chi connectivity index (χ1) is 7.09. The van der Waals surface area contributed by atoms with Gasteiger partial charge in [0.15, 0.2) is 11.6 Å². The molecular formula is C10H8N2O3. The molecule has 0 saturated carbocycles. The quantitative estimate of drug-likeness (QED) is 0.683. The number of hydrogen-bond acceptors (Lipinski definition) is 5. The first kappa shape index (κ1) is 9.39. The first-order valence-electron chi connectivity index (χ1n) is 4.29. The van der Waals surface area contributed by atoms with Gasteiger partial charge in [-0.25, -0.2) is 4.98 Å². The van der Waals surface area contributed by atoms with Crippen LogP contribution in [0.5, 0.6) is 11.6 Å². The molecule has 0 aliphatic heterocycles. The van der Waals surface area contributed by atoms with Crippen LogP contribution in [0.3, 0.4) is 0 Å². The first-order valence-corrected chi connectivity index (χ1v) is 4.29. The minimum atomic E-state index is -0.365. The number of hydrogen-bond donors (Lipinski definition) is 2. The van der Waals surface area contributed by atoms with Crippen molar-refractivity contribution in [3.8, 4) is 11.6 Å². The van der Waals surface area contributed by atoms with E-state index in [-0.39, 0.29) is 28.8 Å². The molecule has 15 heavy (non-hydrogen) atoms. The standard InChI is InChI=1S/C10H8N2O3/c1-5(13)9-11-8-6(10(15)12-9)3-2-4-7(8)14/h2-4,14H,1H3,(H,11,12,15). The number of aromatic nitrogens is 2. The van der Waals surface area contributed by atoms with E-state index in [9.17, 15) is 15.0 Å². The molecule has 1 aromatic heterocycles. The molecule has 0 fully saturated rings. The number of phenolic OH excluding ortho intramolecular Hbond substituents is 1. The molecule has 76 valence electrons. The minimum Gasteiger partial charge on any atom is -0.506 e. The van der Waals surface area contributed by atoms with Crippen molar-refractivity contribution in [3.05, 3.63) is 24.0 Å². The van der Waals surface area contributed by atoms with E-state index in [2.05, 4.69) is 9.97 Å². The molecule has 0 unspecified atom stereocenters. The maximum Gasteiger partial charge on any atom is 0.222 e. The highest BCUT2D eigenvalue weighted by molar-refractivity contribution is 5.95. The summed E-state index contributed by atoms with van der Waals surface area (Å²) in [6, 6.07) is 4.56. The molecule has 2 N–H and O–H groups in total. The van der Waals surface area contributed by atoms with Gasteiger partial charge in [-0.15, -0.1) is 0 Å². The molecule has 2 aromatic rings. The normalized spacial score (nSPS) is 10.5. The fourth-order valence-electron chi connectivity index (χ4n) is 1.28. The highest BCUT2D eigenvalue weighted by Gasteiger charge is 2.11. The molecule has 0 saturated heterocycles. The number of nitrogens with zero attached hydrogens (tertiary/aromatic N) is 2. The number of carbonyl (C=O) groups is 1. The topological polar surface area (TPSA) is 83.3 Å². The van der Waals surface area contributed by atoms with Gasteiger partial charge in [0.1, 0.15) is 11.3 Å². The minimum absolute atomic E-state index is 0.0901. The Balaban J connectivity index is 2.85. The predicted octanol–water partition coefficient (Wildman–Crippen LogP) is 1.24. The number of fused-ring (bicyclic) bond motifs is 1. The van der Waals surface area contributed by atoms with Gasteiger partial charge < -0.3 is 10.2 Å². The maximum atomic E-state index is 11.0. The van der Waals surface area contributed by atoms with Crippen LogP contribution in [-0.2, 0) is 0 Å². The third kappa shape index (κ3) is 1.48. The van der Waals surface area contributed by atoms with Gasteiger partial charge in [0, 0.05) is 6.92 Å². The fourth-order valence-corrected chi connectivity index (χ4v) is 1.28. The summed E-state index contributed by atoms with van der Waals surface area (Å²) in [7, 11) is 0. The van der Waals surface area contributed by atoms with Gasteiger partial charge in [-0.05, 0) is 12.1 Å². The van der Waals surface area contributed by atoms with Crippen molar-refractivity contribution in [2.45, 2.75) is 6.92 Å². The van der Waals surface area contributed by atoms with E-state index < -0.39 is 0 Å². The van der Waals surface area contributed by atoms with Crippen LogP contribution >= 0.6 is 0 Å². The number of ketones is 1. The van der Waals surface area contributed by atoms with Crippen LogP contribution in [-0.4, -0.2) is 26.0 Å². The summed E-state index contributed by atoms with van der Waals surface area (Å²) < 4.78 is 0. The molecule has 5 heteroatoms. The van der Waals surface area contributed by atoms with Crippen LogP contribution in [0.1, 0.15) is 17.5 Å². The zero-order chi connectivity index (χ0) is 11.0. The van der Waals surface area contributed by atoms with Crippen LogP contribution in [0.15, 0.2) is 18.2 Å². The second-order valence-electron chi connectivity index (χ2n) is 3.10. The highest BCUT2D eigenvalue weighted by Crippen LogP contribution is 2.27. The van der Waals surface area contributed by atoms with Gasteiger partial charge >= 0.3 is 0 Å². The number of para-hydroxylation sites is 1. The molecule has 1 heterocycles. The number of rotatable bonds is 1. The Labute approximate surface area is 85.0 Å². The van der Waals surface area contributed by atoms with Crippen molar-refractivity contribution >= 4 is 16.7 Å². The Bertz CT molecular complexity index is 552. The van der Waals surface area contributed by atoms with E-state index in [1.54, 1.807) is 12.1 Å². The van der Waals surface area contributed by atoms with Crippen molar-refractivity contribution in [2.24, 2.45) is 0 Å². The van der Waals surface area contributed by atoms with Crippen LogP contribution in [0.4, 0.5) is 0 Å². The molecule has 2 rings (SSSR count). The molecule has 5 nitrogen and oxygen atoms in total. The van der Waals surface area contributed by atoms with Crippen LogP contribution in [0.25, 0.3) is 10.9 Å². The SMILES string of the molecule is CC(=O)c1nc(O)c2cccc(O)c2n1. The van der Waals surface area contributed by atoms with Gasteiger partial charge in [-0.2, -0.15) is 4.98 Å². The van der Waals surface area contributed by atoms with Crippen LogP contribution < -0.4 is 0 Å². The van der Waals surface area contributed by atoms with Crippen molar-refractivity contribution in [3.63, 3.8) is 0 Å². The average Bonchev–Trinajstić information content (AvgIpc) is 2.19. The smallest absolute Gasteiger partial charge is 0.222 e. The number of aromatic hydroxyl groups is 2. The molecule has 0 amide bonds. The summed E-state index contributed by atoms with van der Waals surface area (Å²) in [5, 5.41) is 19.3. The zero-order valence-electron chi connectivity index (χ0n) is 7.93. The Morgan fingerprint density at radius 2 is 2.00 bits per heavy atom. The zero-order valence-corrected chi connectivity index (χ0v) is 7.93. The summed E-state index contributed by atoms with van der Waals surface area (Å²) in [5.74, 6) is -0.870. The number of benzene rings is 1. The molecular weight excluding hydrogens is 196 g/mol. The molecule has 0 aliphatic rings. The van der Waals surface area contributed by atoms with Crippen molar-refractivity contribution in [1.29, 1.82) is 0 Å². The van der Waals surface area contributed by atoms with E-state index in [1.807, 2.05) is 0 Å². The molecule has 0 aliphatic carbocycles. The molecule has 0 spiro atoms. The molecule has 0 atom stereocenters. The van der Waals surface area contributed by atoms with Crippen molar-refractivity contribution in [2.75, 3.05) is 0 Å². The van der Waals surface area contributed by atoms with Crippen molar-refractivity contribution in [1.82, 2.24) is 9.97 Å². The summed E-state index contributed by atoms with van der Waals surface area (Å²) in [6.07, 6.45) is 0. The monoisotopic (exact) mass is 204 g/mol. The fraction of sp³-hybridized carbons (Fsp3) is 0.100. The lowest BCUT2D eigenvalue weighted by molar-refractivity contribution is 0.100. The lowest BCUT2D eigenvalue weighted by Crippen LogP contribution is -2.01. The summed E-state index contributed by atoms with van der Waals surface area (Å²) in [5.41, 5.74) is 0.176. The summed E-state index contributed by atoms with van der Waals surface area (Å²) in [4.78, 5) is 18.5. The Kier molecular flexibility index (Phi) is 2.00. The second-order valence-corrected chi connectivity index (χ2v) is 3.10. The van der Waals surface area contributed by atoms with Crippen molar-refractivity contribution < 1.29 is 15.0 Å². The lowest BCUT2D eigenvalue weighted by atomic mass is 10.2. The van der Waals surface area contributed by atoms with Gasteiger partial charge in [0.2, 0.25) is 5.88 Å². The van der Waals surface area contributed by atoms with E-state index in [0.717, 1.165) is 0 Å². The van der Waals surface area contributed by atoms with Gasteiger partial charge in [0.05, 0.1) is 5.39 Å². The Morgan fingerprint density at radius 1 is 1.27 bits per heavy atom. The predicted molar refractivity (Wildman–Crippen MR) is 52.9 cm³/mol. The summed E-state index contributed by atoms with van der Waals surface area (Å²) >= 11 is 0. The van der Waals surface area contributed by atoms with E-state index in [4.69, 9.17) is 0 Å². The van der Waals surface area contributed by atoms with E-state index in [1.165, 1.54) is 13.0 Å². The van der Waals surface area contributed by atoms with E-state index in [0.29, 0.717) is 5.39 Å². The lowest BCUT2D eigenvalue weighted by Gasteiger charge is -2.03. The second kappa shape index (κ2) is 3.20. The molecule has 0 radical (unpaired) electrons. The van der Waals surface area contributed by atoms with Gasteiger partial charge in [0.25, 0.3) is 0 Å².